The molecule has 0 heterocycles. The standard InChI is InChI=1S/C35H39OP/c1-36-31-23-13-12-22-30(31)34-32-26-18-8-10-20-28(26)33(29-21-11-9-19-27(29)32)35(34)37(24-14-4-2-5-15-24)25-16-6-3-7-17-25/h8-13,18-25,32-33H,2-7,14-17H2,1H3. The van der Waals surface area contributed by atoms with Crippen molar-refractivity contribution in [3.8, 4) is 5.75 Å². The molecular weight excluding hydrogens is 467 g/mol. The van der Waals surface area contributed by atoms with Gasteiger partial charge in [-0.05, 0) is 76.2 Å². The van der Waals surface area contributed by atoms with E-state index < -0.39 is 0 Å². The molecule has 3 aromatic rings. The minimum atomic E-state index is -0.235. The van der Waals surface area contributed by atoms with Gasteiger partial charge in [0.2, 0.25) is 0 Å². The summed E-state index contributed by atoms with van der Waals surface area (Å²) >= 11 is 0. The van der Waals surface area contributed by atoms with E-state index >= 15 is 0 Å². The first-order chi connectivity index (χ1) is 18.4. The zero-order valence-electron chi connectivity index (χ0n) is 22.2. The molecule has 0 N–H and O–H groups in total. The maximum Gasteiger partial charge on any atom is 0.126 e. The first kappa shape index (κ1) is 23.7. The molecule has 3 aromatic carbocycles. The molecule has 0 amide bonds. The molecule has 2 bridgehead atoms. The first-order valence-electron chi connectivity index (χ1n) is 14.7. The van der Waals surface area contributed by atoms with Gasteiger partial charge in [0.15, 0.2) is 0 Å². The number of allylic oxidation sites excluding steroid dienone is 2. The van der Waals surface area contributed by atoms with Crippen LogP contribution < -0.4 is 4.74 Å². The van der Waals surface area contributed by atoms with Crippen LogP contribution >= 0.6 is 7.92 Å². The van der Waals surface area contributed by atoms with Crippen LogP contribution in [0.2, 0.25) is 0 Å². The quantitative estimate of drug-likeness (QED) is 0.313. The van der Waals surface area contributed by atoms with Crippen LogP contribution in [0.4, 0.5) is 0 Å². The van der Waals surface area contributed by atoms with E-state index in [9.17, 15) is 0 Å². The fourth-order valence-corrected chi connectivity index (χ4v) is 12.5. The van der Waals surface area contributed by atoms with Crippen molar-refractivity contribution in [2.45, 2.75) is 87.4 Å². The van der Waals surface area contributed by atoms with Crippen LogP contribution in [0.25, 0.3) is 5.57 Å². The van der Waals surface area contributed by atoms with Gasteiger partial charge in [0.25, 0.3) is 0 Å². The highest BCUT2D eigenvalue weighted by atomic mass is 31.1. The summed E-state index contributed by atoms with van der Waals surface area (Å²) in [5, 5.41) is 1.83. The van der Waals surface area contributed by atoms with Gasteiger partial charge < -0.3 is 4.74 Å². The van der Waals surface area contributed by atoms with Crippen LogP contribution in [0, 0.1) is 0 Å². The van der Waals surface area contributed by atoms with Gasteiger partial charge in [-0.2, -0.15) is 0 Å². The van der Waals surface area contributed by atoms with Crippen LogP contribution in [0.3, 0.4) is 0 Å². The summed E-state index contributed by atoms with van der Waals surface area (Å²) in [5.41, 5.74) is 10.9. The number of ether oxygens (including phenoxy) is 1. The summed E-state index contributed by atoms with van der Waals surface area (Å²) in [5.74, 6) is 1.74. The van der Waals surface area contributed by atoms with Crippen molar-refractivity contribution in [1.82, 2.24) is 0 Å². The number of methoxy groups -OCH3 is 1. The van der Waals surface area contributed by atoms with Crippen LogP contribution in [0.15, 0.2) is 78.1 Å². The highest BCUT2D eigenvalue weighted by molar-refractivity contribution is 7.64. The third kappa shape index (κ3) is 3.92. The zero-order valence-corrected chi connectivity index (χ0v) is 23.1. The van der Waals surface area contributed by atoms with E-state index in [-0.39, 0.29) is 7.92 Å². The third-order valence-corrected chi connectivity index (χ3v) is 13.3. The van der Waals surface area contributed by atoms with Gasteiger partial charge in [0.05, 0.1) is 7.11 Å². The van der Waals surface area contributed by atoms with Crippen LogP contribution in [0.5, 0.6) is 5.75 Å². The predicted molar refractivity (Wildman–Crippen MR) is 157 cm³/mol. The van der Waals surface area contributed by atoms with Crippen molar-refractivity contribution in [2.75, 3.05) is 7.11 Å². The van der Waals surface area contributed by atoms with Gasteiger partial charge in [-0.25, -0.2) is 0 Å². The van der Waals surface area contributed by atoms with Crippen molar-refractivity contribution in [3.63, 3.8) is 0 Å². The molecule has 0 unspecified atom stereocenters. The topological polar surface area (TPSA) is 9.23 Å². The van der Waals surface area contributed by atoms with Crippen molar-refractivity contribution in [2.24, 2.45) is 0 Å². The van der Waals surface area contributed by atoms with E-state index in [1.165, 1.54) is 80.9 Å². The van der Waals surface area contributed by atoms with Crippen LogP contribution in [0.1, 0.15) is 104 Å². The summed E-state index contributed by atoms with van der Waals surface area (Å²) in [6, 6.07) is 27.7. The Kier molecular flexibility index (Phi) is 6.46. The molecule has 5 aliphatic carbocycles. The molecule has 2 fully saturated rings. The number of para-hydroxylation sites is 1. The highest BCUT2D eigenvalue weighted by Gasteiger charge is 2.48. The minimum Gasteiger partial charge on any atom is -0.496 e. The molecule has 2 heteroatoms. The molecule has 2 saturated carbocycles. The minimum absolute atomic E-state index is 0.235. The Morgan fingerprint density at radius 1 is 0.568 bits per heavy atom. The molecule has 5 aliphatic rings. The molecule has 8 rings (SSSR count). The fraction of sp³-hybridized carbons (Fsp3) is 0.429. The number of rotatable bonds is 5. The van der Waals surface area contributed by atoms with E-state index in [0.717, 1.165) is 17.1 Å². The van der Waals surface area contributed by atoms with E-state index in [0.29, 0.717) is 11.8 Å². The lowest BCUT2D eigenvalue weighted by Gasteiger charge is -2.50. The molecule has 0 radical (unpaired) electrons. The smallest absolute Gasteiger partial charge is 0.126 e. The van der Waals surface area contributed by atoms with Gasteiger partial charge in [-0.1, -0.05) is 113 Å². The summed E-state index contributed by atoms with van der Waals surface area (Å²) in [7, 11) is 1.62. The summed E-state index contributed by atoms with van der Waals surface area (Å²) in [6.45, 7) is 0. The van der Waals surface area contributed by atoms with Crippen LogP contribution in [-0.2, 0) is 0 Å². The van der Waals surface area contributed by atoms with Crippen molar-refractivity contribution < 1.29 is 4.74 Å². The van der Waals surface area contributed by atoms with Gasteiger partial charge in [0.1, 0.15) is 5.75 Å². The van der Waals surface area contributed by atoms with Gasteiger partial charge >= 0.3 is 0 Å². The van der Waals surface area contributed by atoms with Gasteiger partial charge in [-0.15, -0.1) is 0 Å². The zero-order chi connectivity index (χ0) is 24.8. The largest absolute Gasteiger partial charge is 0.496 e. The molecular formula is C35H39OP. The average molecular weight is 507 g/mol. The lowest BCUT2D eigenvalue weighted by atomic mass is 9.63. The summed E-state index contributed by atoms with van der Waals surface area (Å²) in [6.07, 6.45) is 14.3. The molecule has 0 saturated heterocycles. The summed E-state index contributed by atoms with van der Waals surface area (Å²) in [4.78, 5) is 0. The lowest BCUT2D eigenvalue weighted by molar-refractivity contribution is 0.413. The molecule has 1 nitrogen and oxygen atoms in total. The molecule has 0 atom stereocenters. The Bertz CT molecular complexity index is 1240. The van der Waals surface area contributed by atoms with Crippen LogP contribution in [-0.4, -0.2) is 18.4 Å². The molecule has 0 aliphatic heterocycles. The lowest BCUT2D eigenvalue weighted by Crippen LogP contribution is -2.31. The van der Waals surface area contributed by atoms with E-state index in [2.05, 4.69) is 72.8 Å². The van der Waals surface area contributed by atoms with Gasteiger partial charge in [0, 0.05) is 17.4 Å². The normalized spacial score (nSPS) is 23.7. The Hall–Kier alpha value is -2.37. The SMILES string of the molecule is COc1ccccc1C1=C(P(C2CCCCC2)C2CCCCC2)C2c3ccccc3C1c1ccccc12. The molecule has 0 aromatic heterocycles. The third-order valence-electron chi connectivity index (χ3n) is 9.69. The number of hydrogen-bond acceptors (Lipinski definition) is 1. The second-order valence-electron chi connectivity index (χ2n) is 11.6. The number of hydrogen-bond donors (Lipinski definition) is 0. The molecule has 190 valence electrons. The Morgan fingerprint density at radius 3 is 1.54 bits per heavy atom. The van der Waals surface area contributed by atoms with Crippen molar-refractivity contribution >= 4 is 13.5 Å². The van der Waals surface area contributed by atoms with Crippen molar-refractivity contribution in [1.29, 1.82) is 0 Å². The first-order valence-corrected chi connectivity index (χ1v) is 16.2. The Balaban J connectivity index is 1.53. The second kappa shape index (κ2) is 10.1. The molecule has 0 spiro atoms. The Labute approximate surface area is 224 Å². The fourth-order valence-electron chi connectivity index (χ4n) is 8.18. The second-order valence-corrected chi connectivity index (χ2v) is 14.4. The average Bonchev–Trinajstić information content (AvgIpc) is 2.98. The van der Waals surface area contributed by atoms with E-state index in [1.54, 1.807) is 16.7 Å². The van der Waals surface area contributed by atoms with E-state index in [1.807, 2.05) is 12.4 Å². The monoisotopic (exact) mass is 506 g/mol. The summed E-state index contributed by atoms with van der Waals surface area (Å²) < 4.78 is 6.07. The number of benzene rings is 3. The predicted octanol–water partition coefficient (Wildman–Crippen LogP) is 9.84. The van der Waals surface area contributed by atoms with Gasteiger partial charge in [-0.3, -0.25) is 0 Å². The maximum atomic E-state index is 6.07. The maximum absolute atomic E-state index is 6.07. The van der Waals surface area contributed by atoms with Crippen molar-refractivity contribution in [3.05, 3.63) is 106 Å². The van der Waals surface area contributed by atoms with E-state index in [4.69, 9.17) is 4.74 Å². The Morgan fingerprint density at radius 2 is 1.03 bits per heavy atom. The molecule has 37 heavy (non-hydrogen) atoms. The highest BCUT2D eigenvalue weighted by Crippen LogP contribution is 2.72.